The normalized spacial score (nSPS) is 17.5. The molecule has 1 saturated heterocycles. The Morgan fingerprint density at radius 3 is 1.57 bits per heavy atom. The number of aliphatic carboxylic acids is 2. The predicted octanol–water partition coefficient (Wildman–Crippen LogP) is -4.44. The van der Waals surface area contributed by atoms with E-state index in [9.17, 15) is 29.4 Å². The second-order valence-corrected chi connectivity index (χ2v) is 4.16. The summed E-state index contributed by atoms with van der Waals surface area (Å²) in [7, 11) is 0. The van der Waals surface area contributed by atoms with Gasteiger partial charge in [0.25, 0.3) is 0 Å². The van der Waals surface area contributed by atoms with Crippen LogP contribution in [0.1, 0.15) is 0 Å². The summed E-state index contributed by atoms with van der Waals surface area (Å²) in [5.41, 5.74) is 0. The molecule has 122 valence electrons. The average molecular weight is 347 g/mol. The van der Waals surface area contributed by atoms with Gasteiger partial charge in [-0.25, -0.2) is 9.59 Å². The van der Waals surface area contributed by atoms with Crippen molar-refractivity contribution in [3.8, 4) is 0 Å². The number of nitrogens with zero attached hydrogens (tertiary/aromatic N) is 1. The second kappa shape index (κ2) is 9.29. The number of carboxylic acids is 2. The van der Waals surface area contributed by atoms with E-state index in [-0.39, 0.29) is 36.4 Å². The predicted molar refractivity (Wildman–Crippen MR) is 56.7 cm³/mol. The smallest absolute Gasteiger partial charge is 0.361 e. The zero-order valence-corrected chi connectivity index (χ0v) is 12.1. The van der Waals surface area contributed by atoms with Crippen molar-refractivity contribution in [3.05, 3.63) is 0 Å². The summed E-state index contributed by atoms with van der Waals surface area (Å²) in [6, 6.07) is 0. The maximum absolute atomic E-state index is 11.4. The van der Waals surface area contributed by atoms with E-state index in [1.54, 1.807) is 0 Å². The van der Waals surface area contributed by atoms with Gasteiger partial charge in [-0.1, -0.05) is 0 Å². The van der Waals surface area contributed by atoms with Crippen LogP contribution in [-0.2, 0) is 45.7 Å². The standard InChI is InChI=1S/C10H13NO8.Fe.H3N/c12-7(13)3-11(4-8(14)15)5-9(16)18-1-2-19-10(17)6-11;;/h1-6H2,(H-,12,13,14,15);;1H3/p-1. The summed E-state index contributed by atoms with van der Waals surface area (Å²) in [6.07, 6.45) is 0. The Morgan fingerprint density at radius 1 is 0.952 bits per heavy atom. The minimum absolute atomic E-state index is 0. The van der Waals surface area contributed by atoms with Crippen LogP contribution in [-0.4, -0.2) is 67.8 Å². The molecule has 0 bridgehead atoms. The number of carbonyl (C=O) groups is 4. The Hall–Kier alpha value is -1.68. The van der Waals surface area contributed by atoms with Gasteiger partial charge in [0.1, 0.15) is 26.3 Å². The van der Waals surface area contributed by atoms with E-state index >= 15 is 0 Å². The molecule has 1 fully saturated rings. The van der Waals surface area contributed by atoms with Gasteiger partial charge in [0.2, 0.25) is 0 Å². The van der Waals surface area contributed by atoms with Crippen LogP contribution in [0.4, 0.5) is 0 Å². The summed E-state index contributed by atoms with van der Waals surface area (Å²) in [6.45, 7) is -3.17. The Morgan fingerprint density at radius 2 is 1.29 bits per heavy atom. The van der Waals surface area contributed by atoms with Gasteiger partial charge in [0.15, 0.2) is 13.1 Å². The van der Waals surface area contributed by atoms with Crippen molar-refractivity contribution >= 4 is 23.9 Å². The third-order valence-corrected chi connectivity index (χ3v) is 2.47. The summed E-state index contributed by atoms with van der Waals surface area (Å²) < 4.78 is 8.46. The first-order valence-corrected chi connectivity index (χ1v) is 5.39. The van der Waals surface area contributed by atoms with E-state index in [0.29, 0.717) is 0 Å². The third-order valence-electron chi connectivity index (χ3n) is 2.47. The van der Waals surface area contributed by atoms with E-state index in [0.717, 1.165) is 0 Å². The molecule has 0 aliphatic carbocycles. The number of carboxylic acid groups (broad SMARTS) is 2. The van der Waals surface area contributed by atoms with Gasteiger partial charge in [-0.05, 0) is 0 Å². The van der Waals surface area contributed by atoms with Gasteiger partial charge in [-0.15, -0.1) is 0 Å². The molecule has 0 aromatic rings. The zero-order valence-electron chi connectivity index (χ0n) is 11.0. The molecule has 0 amide bonds. The van der Waals surface area contributed by atoms with Crippen LogP contribution in [0, 0.1) is 0 Å². The number of esters is 2. The molecule has 11 heteroatoms. The van der Waals surface area contributed by atoms with Crippen LogP contribution in [0.15, 0.2) is 0 Å². The van der Waals surface area contributed by atoms with Crippen molar-refractivity contribution < 1.29 is 60.4 Å². The fourth-order valence-corrected chi connectivity index (χ4v) is 1.83. The molecule has 0 aromatic carbocycles. The number of ether oxygens (including phenoxy) is 2. The summed E-state index contributed by atoms with van der Waals surface area (Å²) in [5.74, 6) is -4.83. The Labute approximate surface area is 130 Å². The van der Waals surface area contributed by atoms with E-state index in [1.165, 1.54) is 0 Å². The number of hydrogen-bond donors (Lipinski definition) is 1. The van der Waals surface area contributed by atoms with Crippen LogP contribution in [0.25, 0.3) is 0 Å². The van der Waals surface area contributed by atoms with Gasteiger partial charge in [-0.3, -0.25) is 4.48 Å². The van der Waals surface area contributed by atoms with Gasteiger partial charge in [0.05, 0.1) is 11.9 Å². The summed E-state index contributed by atoms with van der Waals surface area (Å²) >= 11 is 0. The van der Waals surface area contributed by atoms with Crippen LogP contribution < -0.4 is 16.4 Å². The number of quaternary nitrogens is 1. The zero-order chi connectivity index (χ0) is 14.5. The van der Waals surface area contributed by atoms with Crippen LogP contribution in [0.3, 0.4) is 0 Å². The fourth-order valence-electron chi connectivity index (χ4n) is 1.83. The van der Waals surface area contributed by atoms with Crippen molar-refractivity contribution in [1.82, 2.24) is 6.15 Å². The molecule has 1 aliphatic heterocycles. The maximum Gasteiger partial charge on any atom is 0.361 e. The second-order valence-electron chi connectivity index (χ2n) is 4.16. The van der Waals surface area contributed by atoms with Crippen molar-refractivity contribution in [3.63, 3.8) is 0 Å². The minimum atomic E-state index is -1.60. The molecule has 1 aliphatic rings. The molecule has 1 heterocycles. The molecule has 0 radical (unpaired) electrons. The Balaban J connectivity index is 0. The third kappa shape index (κ3) is 7.61. The number of rotatable bonds is 4. The topological polar surface area (TPSA) is 168 Å². The quantitative estimate of drug-likeness (QED) is 0.300. The molecule has 1 rings (SSSR count). The van der Waals surface area contributed by atoms with Crippen molar-refractivity contribution in [2.75, 3.05) is 39.4 Å². The molecule has 21 heavy (non-hydrogen) atoms. The van der Waals surface area contributed by atoms with Crippen molar-refractivity contribution in [2.24, 2.45) is 0 Å². The number of carbonyl (C=O) groups excluding carboxylic acids is 4. The van der Waals surface area contributed by atoms with E-state index in [4.69, 9.17) is 0 Å². The minimum Gasteiger partial charge on any atom is -0.544 e. The SMILES string of the molecule is N.O=C([O-])C[N+]1(CC(=O)[O-])CC(=O)OCCOC(=O)C1.[Fe]. The van der Waals surface area contributed by atoms with Crippen LogP contribution >= 0.6 is 0 Å². The van der Waals surface area contributed by atoms with Crippen LogP contribution in [0.5, 0.6) is 0 Å². The van der Waals surface area contributed by atoms with Crippen molar-refractivity contribution in [1.29, 1.82) is 0 Å². The van der Waals surface area contributed by atoms with Gasteiger partial charge in [0, 0.05) is 17.1 Å². The van der Waals surface area contributed by atoms with Gasteiger partial charge < -0.3 is 35.4 Å². The molecule has 3 N–H and O–H groups in total. The molecular weight excluding hydrogens is 332 g/mol. The van der Waals surface area contributed by atoms with E-state index in [2.05, 4.69) is 9.47 Å². The largest absolute Gasteiger partial charge is 0.544 e. The Bertz CT molecular complexity index is 376. The fraction of sp³-hybridized carbons (Fsp3) is 0.600. The number of cyclic esters (lactones) is 2. The molecular formula is C10H15FeN2O8-. The first-order valence-electron chi connectivity index (χ1n) is 5.39. The first-order chi connectivity index (χ1) is 8.83. The summed E-state index contributed by atoms with van der Waals surface area (Å²) in [5, 5.41) is 21.4. The molecule has 0 spiro atoms. The van der Waals surface area contributed by atoms with Gasteiger partial charge in [-0.2, -0.15) is 0 Å². The first kappa shape index (κ1) is 21.6. The molecule has 0 atom stereocenters. The number of hydrogen-bond acceptors (Lipinski definition) is 9. The average Bonchev–Trinajstić information content (AvgIpc) is 2.26. The molecule has 0 aromatic heterocycles. The van der Waals surface area contributed by atoms with E-state index < -0.39 is 54.5 Å². The monoisotopic (exact) mass is 347 g/mol. The summed E-state index contributed by atoms with van der Waals surface area (Å²) in [4.78, 5) is 44.3. The van der Waals surface area contributed by atoms with Crippen LogP contribution in [0.2, 0.25) is 0 Å². The molecule has 0 unspecified atom stereocenters. The van der Waals surface area contributed by atoms with E-state index in [1.807, 2.05) is 0 Å². The van der Waals surface area contributed by atoms with Crippen molar-refractivity contribution in [2.45, 2.75) is 0 Å². The van der Waals surface area contributed by atoms with Gasteiger partial charge >= 0.3 is 11.9 Å². The molecule has 0 saturated carbocycles. The Kier molecular flexibility index (Phi) is 9.56. The maximum atomic E-state index is 11.4. The molecule has 10 nitrogen and oxygen atoms in total.